The molecule has 0 spiro atoms. The zero-order chi connectivity index (χ0) is 13.8. The summed E-state index contributed by atoms with van der Waals surface area (Å²) < 4.78 is 0. The highest BCUT2D eigenvalue weighted by atomic mass is 35.5. The Kier molecular flexibility index (Phi) is 4.53. The van der Waals surface area contributed by atoms with Gasteiger partial charge >= 0.3 is 0 Å². The lowest BCUT2D eigenvalue weighted by atomic mass is 9.94. The number of pyridine rings is 1. The smallest absolute Gasteiger partial charge is 0.0622 e. The Hall–Kier alpha value is -1.42. The van der Waals surface area contributed by atoms with Gasteiger partial charge in [-0.05, 0) is 48.6 Å². The molecule has 100 valence electrons. The number of nitrogens with one attached hydrogen (secondary N) is 1. The van der Waals surface area contributed by atoms with Gasteiger partial charge in [0.25, 0.3) is 0 Å². The number of nitrogens with zero attached hydrogens (tertiary/aromatic N) is 1. The molecule has 0 saturated heterocycles. The SMILES string of the molecule is Cc1cccc(C(Cc2ccncc2Cl)NN)c1C. The van der Waals surface area contributed by atoms with Crippen LogP contribution in [-0.4, -0.2) is 4.98 Å². The van der Waals surface area contributed by atoms with Gasteiger partial charge in [-0.1, -0.05) is 29.8 Å². The molecule has 0 aliphatic heterocycles. The third-order valence-corrected chi connectivity index (χ3v) is 3.84. The van der Waals surface area contributed by atoms with Crippen LogP contribution in [0.4, 0.5) is 0 Å². The minimum atomic E-state index is 0.0415. The summed E-state index contributed by atoms with van der Waals surface area (Å²) in [5, 5.41) is 0.674. The summed E-state index contributed by atoms with van der Waals surface area (Å²) in [4.78, 5) is 4.00. The van der Waals surface area contributed by atoms with Crippen molar-refractivity contribution in [1.29, 1.82) is 0 Å². The second kappa shape index (κ2) is 6.15. The molecular weight excluding hydrogens is 258 g/mol. The molecule has 1 aromatic heterocycles. The van der Waals surface area contributed by atoms with E-state index >= 15 is 0 Å². The number of aryl methyl sites for hydroxylation is 1. The first-order valence-corrected chi connectivity index (χ1v) is 6.62. The van der Waals surface area contributed by atoms with Crippen LogP contribution in [0.3, 0.4) is 0 Å². The van der Waals surface area contributed by atoms with Crippen LogP contribution in [0.25, 0.3) is 0 Å². The summed E-state index contributed by atoms with van der Waals surface area (Å²) in [5.41, 5.74) is 7.65. The fourth-order valence-corrected chi connectivity index (χ4v) is 2.40. The quantitative estimate of drug-likeness (QED) is 0.666. The number of hydrogen-bond acceptors (Lipinski definition) is 3. The van der Waals surface area contributed by atoms with Gasteiger partial charge < -0.3 is 0 Å². The fourth-order valence-electron chi connectivity index (χ4n) is 2.20. The second-order valence-corrected chi connectivity index (χ2v) is 5.09. The van der Waals surface area contributed by atoms with Crippen LogP contribution in [0.15, 0.2) is 36.7 Å². The molecule has 0 saturated carbocycles. The fraction of sp³-hybridized carbons (Fsp3) is 0.267. The van der Waals surface area contributed by atoms with E-state index < -0.39 is 0 Å². The van der Waals surface area contributed by atoms with Crippen molar-refractivity contribution in [3.8, 4) is 0 Å². The molecule has 3 N–H and O–H groups in total. The van der Waals surface area contributed by atoms with Crippen LogP contribution < -0.4 is 11.3 Å². The lowest BCUT2D eigenvalue weighted by Gasteiger charge is -2.20. The molecule has 0 fully saturated rings. The van der Waals surface area contributed by atoms with E-state index in [9.17, 15) is 0 Å². The van der Waals surface area contributed by atoms with E-state index in [1.54, 1.807) is 12.4 Å². The molecule has 0 bridgehead atoms. The molecule has 1 heterocycles. The van der Waals surface area contributed by atoms with Crippen molar-refractivity contribution >= 4 is 11.6 Å². The molecule has 0 amide bonds. The summed E-state index contributed by atoms with van der Waals surface area (Å²) in [5.74, 6) is 5.71. The Morgan fingerprint density at radius 3 is 2.79 bits per heavy atom. The zero-order valence-electron chi connectivity index (χ0n) is 11.2. The van der Waals surface area contributed by atoms with Gasteiger partial charge in [0.05, 0.1) is 11.1 Å². The van der Waals surface area contributed by atoms with Gasteiger partial charge in [-0.3, -0.25) is 16.3 Å². The molecule has 4 heteroatoms. The highest BCUT2D eigenvalue weighted by Gasteiger charge is 2.15. The largest absolute Gasteiger partial charge is 0.271 e. The number of nitrogens with two attached hydrogens (primary N) is 1. The maximum atomic E-state index is 6.15. The van der Waals surface area contributed by atoms with Crippen LogP contribution >= 0.6 is 11.6 Å². The monoisotopic (exact) mass is 275 g/mol. The van der Waals surface area contributed by atoms with E-state index in [2.05, 4.69) is 42.5 Å². The lowest BCUT2D eigenvalue weighted by molar-refractivity contribution is 0.549. The van der Waals surface area contributed by atoms with Gasteiger partial charge in [0.1, 0.15) is 0 Å². The van der Waals surface area contributed by atoms with Crippen molar-refractivity contribution in [2.75, 3.05) is 0 Å². The highest BCUT2D eigenvalue weighted by Crippen LogP contribution is 2.25. The standard InChI is InChI=1S/C15H18ClN3/c1-10-4-3-5-13(11(10)2)15(19-17)8-12-6-7-18-9-14(12)16/h3-7,9,15,19H,8,17H2,1-2H3. The topological polar surface area (TPSA) is 50.9 Å². The average molecular weight is 276 g/mol. The minimum absolute atomic E-state index is 0.0415. The van der Waals surface area contributed by atoms with Gasteiger partial charge in [0.15, 0.2) is 0 Å². The number of rotatable bonds is 4. The first-order valence-electron chi connectivity index (χ1n) is 6.24. The molecule has 1 aromatic carbocycles. The van der Waals surface area contributed by atoms with Gasteiger partial charge in [0, 0.05) is 12.4 Å². The molecule has 0 aliphatic carbocycles. The summed E-state index contributed by atoms with van der Waals surface area (Å²) >= 11 is 6.15. The minimum Gasteiger partial charge on any atom is -0.271 e. The van der Waals surface area contributed by atoms with E-state index in [0.717, 1.165) is 12.0 Å². The molecule has 0 radical (unpaired) electrons. The summed E-state index contributed by atoms with van der Waals surface area (Å²) in [6.07, 6.45) is 4.15. The molecular formula is C15H18ClN3. The van der Waals surface area contributed by atoms with E-state index in [1.807, 2.05) is 6.07 Å². The third-order valence-electron chi connectivity index (χ3n) is 3.50. The van der Waals surface area contributed by atoms with E-state index in [-0.39, 0.29) is 6.04 Å². The van der Waals surface area contributed by atoms with Crippen molar-refractivity contribution in [3.05, 3.63) is 63.9 Å². The molecule has 2 rings (SSSR count). The van der Waals surface area contributed by atoms with E-state index in [4.69, 9.17) is 17.4 Å². The predicted octanol–water partition coefficient (Wildman–Crippen LogP) is 3.10. The van der Waals surface area contributed by atoms with Crippen molar-refractivity contribution < 1.29 is 0 Å². The van der Waals surface area contributed by atoms with Crippen LogP contribution in [0.5, 0.6) is 0 Å². The molecule has 3 nitrogen and oxygen atoms in total. The van der Waals surface area contributed by atoms with Gasteiger partial charge in [-0.25, -0.2) is 0 Å². The maximum Gasteiger partial charge on any atom is 0.0622 e. The Morgan fingerprint density at radius 1 is 1.32 bits per heavy atom. The number of hydrogen-bond donors (Lipinski definition) is 2. The van der Waals surface area contributed by atoms with Crippen LogP contribution in [0.1, 0.15) is 28.3 Å². The van der Waals surface area contributed by atoms with Crippen LogP contribution in [-0.2, 0) is 6.42 Å². The Morgan fingerprint density at radius 2 is 2.11 bits per heavy atom. The summed E-state index contributed by atoms with van der Waals surface area (Å²) in [6.45, 7) is 4.22. The lowest BCUT2D eigenvalue weighted by Crippen LogP contribution is -2.30. The first kappa shape index (κ1) is 14.0. The molecule has 1 atom stereocenters. The highest BCUT2D eigenvalue weighted by molar-refractivity contribution is 6.31. The normalized spacial score (nSPS) is 12.4. The molecule has 0 aliphatic rings. The second-order valence-electron chi connectivity index (χ2n) is 4.68. The van der Waals surface area contributed by atoms with Gasteiger partial charge in [0.2, 0.25) is 0 Å². The maximum absolute atomic E-state index is 6.15. The van der Waals surface area contributed by atoms with Crippen molar-refractivity contribution in [3.63, 3.8) is 0 Å². The predicted molar refractivity (Wildman–Crippen MR) is 78.9 cm³/mol. The average Bonchev–Trinajstić information content (AvgIpc) is 2.41. The number of hydrazine groups is 1. The molecule has 19 heavy (non-hydrogen) atoms. The van der Waals surface area contributed by atoms with Crippen LogP contribution in [0, 0.1) is 13.8 Å². The van der Waals surface area contributed by atoms with Gasteiger partial charge in [-0.15, -0.1) is 0 Å². The third kappa shape index (κ3) is 3.13. The van der Waals surface area contributed by atoms with Crippen molar-refractivity contribution in [2.24, 2.45) is 5.84 Å². The molecule has 2 aromatic rings. The zero-order valence-corrected chi connectivity index (χ0v) is 11.9. The first-order chi connectivity index (χ1) is 9.13. The van der Waals surface area contributed by atoms with E-state index in [1.165, 1.54) is 16.7 Å². The summed E-state index contributed by atoms with van der Waals surface area (Å²) in [6, 6.07) is 8.22. The van der Waals surface area contributed by atoms with Crippen molar-refractivity contribution in [2.45, 2.75) is 26.3 Å². The summed E-state index contributed by atoms with van der Waals surface area (Å²) in [7, 11) is 0. The number of aromatic nitrogens is 1. The van der Waals surface area contributed by atoms with Gasteiger partial charge in [-0.2, -0.15) is 0 Å². The molecule has 1 unspecified atom stereocenters. The Labute approximate surface area is 118 Å². The van der Waals surface area contributed by atoms with Crippen molar-refractivity contribution in [1.82, 2.24) is 10.4 Å². The Balaban J connectivity index is 2.31. The van der Waals surface area contributed by atoms with E-state index in [0.29, 0.717) is 5.02 Å². The number of halogens is 1. The Bertz CT molecular complexity index is 569. The number of benzene rings is 1. The van der Waals surface area contributed by atoms with Crippen LogP contribution in [0.2, 0.25) is 5.02 Å².